The zero-order valence-corrected chi connectivity index (χ0v) is 13.2. The predicted octanol–water partition coefficient (Wildman–Crippen LogP) is 5.61. The van der Waals surface area contributed by atoms with Crippen molar-refractivity contribution in [2.24, 2.45) is 0 Å². The molecule has 120 valence electrons. The molecule has 0 unspecified atom stereocenters. The Labute approximate surface area is 138 Å². The lowest BCUT2D eigenvalue weighted by Gasteiger charge is -2.02. The Balaban J connectivity index is 1.92. The van der Waals surface area contributed by atoms with Crippen molar-refractivity contribution in [1.29, 1.82) is 0 Å². The van der Waals surface area contributed by atoms with Gasteiger partial charge in [0.2, 0.25) is 0 Å². The van der Waals surface area contributed by atoms with Crippen LogP contribution in [0.25, 0.3) is 10.8 Å². The average molecular weight is 324 g/mol. The van der Waals surface area contributed by atoms with Crippen LogP contribution in [0.5, 0.6) is 0 Å². The standard InChI is InChI=1S/C21H15F3/c1-2-3-14-4-6-15(7-5-14)8-9-16-10-11-18-17(12-16)13-19(22)21(24)20(18)23/h4-7,10-13H,2-3H2,1H3. The lowest BCUT2D eigenvalue weighted by Crippen LogP contribution is -1.92. The zero-order valence-electron chi connectivity index (χ0n) is 13.2. The van der Waals surface area contributed by atoms with Crippen LogP contribution in [0.2, 0.25) is 0 Å². The van der Waals surface area contributed by atoms with Crippen molar-refractivity contribution in [1.82, 2.24) is 0 Å². The largest absolute Gasteiger partial charge is 0.204 e. The maximum absolute atomic E-state index is 13.7. The van der Waals surface area contributed by atoms with Gasteiger partial charge in [0.1, 0.15) is 0 Å². The summed E-state index contributed by atoms with van der Waals surface area (Å²) in [5.74, 6) is 2.18. The molecule has 0 fully saturated rings. The Kier molecular flexibility index (Phi) is 4.57. The highest BCUT2D eigenvalue weighted by molar-refractivity contribution is 5.84. The van der Waals surface area contributed by atoms with Crippen molar-refractivity contribution in [3.63, 3.8) is 0 Å². The van der Waals surface area contributed by atoms with Gasteiger partial charge in [0, 0.05) is 16.5 Å². The minimum Gasteiger partial charge on any atom is -0.204 e. The van der Waals surface area contributed by atoms with E-state index in [-0.39, 0.29) is 10.8 Å². The van der Waals surface area contributed by atoms with E-state index >= 15 is 0 Å². The van der Waals surface area contributed by atoms with Crippen LogP contribution < -0.4 is 0 Å². The normalized spacial score (nSPS) is 10.5. The molecule has 3 rings (SSSR count). The van der Waals surface area contributed by atoms with E-state index in [0.717, 1.165) is 24.5 Å². The fourth-order valence-corrected chi connectivity index (χ4v) is 2.57. The molecule has 0 spiro atoms. The monoisotopic (exact) mass is 324 g/mol. The molecule has 0 nitrogen and oxygen atoms in total. The van der Waals surface area contributed by atoms with Gasteiger partial charge < -0.3 is 0 Å². The molecule has 0 radical (unpaired) electrons. The summed E-state index contributed by atoms with van der Waals surface area (Å²) in [5, 5.41) is 0.333. The van der Waals surface area contributed by atoms with Gasteiger partial charge in [0.15, 0.2) is 17.5 Å². The summed E-state index contributed by atoms with van der Waals surface area (Å²) in [6.45, 7) is 2.13. The van der Waals surface area contributed by atoms with E-state index in [0.29, 0.717) is 5.56 Å². The van der Waals surface area contributed by atoms with Gasteiger partial charge in [-0.15, -0.1) is 0 Å². The Bertz CT molecular complexity index is 945. The minimum absolute atomic E-state index is 0.0448. The van der Waals surface area contributed by atoms with Gasteiger partial charge in [-0.2, -0.15) is 0 Å². The average Bonchev–Trinajstić information content (AvgIpc) is 2.59. The molecule has 3 aromatic carbocycles. The van der Waals surface area contributed by atoms with Gasteiger partial charge in [0.25, 0.3) is 0 Å². The maximum atomic E-state index is 13.7. The second-order valence-corrected chi connectivity index (χ2v) is 5.62. The summed E-state index contributed by atoms with van der Waals surface area (Å²) >= 11 is 0. The molecule has 0 bridgehead atoms. The highest BCUT2D eigenvalue weighted by atomic mass is 19.2. The second-order valence-electron chi connectivity index (χ2n) is 5.62. The van der Waals surface area contributed by atoms with Crippen LogP contribution in [0, 0.1) is 29.3 Å². The number of halogens is 3. The Hall–Kier alpha value is -2.73. The van der Waals surface area contributed by atoms with Crippen molar-refractivity contribution in [3.8, 4) is 11.8 Å². The van der Waals surface area contributed by atoms with E-state index in [9.17, 15) is 13.2 Å². The fourth-order valence-electron chi connectivity index (χ4n) is 2.57. The van der Waals surface area contributed by atoms with Gasteiger partial charge in [-0.1, -0.05) is 43.4 Å². The van der Waals surface area contributed by atoms with Crippen LogP contribution in [-0.4, -0.2) is 0 Å². The topological polar surface area (TPSA) is 0 Å². The smallest absolute Gasteiger partial charge is 0.195 e. The van der Waals surface area contributed by atoms with E-state index < -0.39 is 17.5 Å². The first-order valence-corrected chi connectivity index (χ1v) is 7.76. The predicted molar refractivity (Wildman–Crippen MR) is 90.2 cm³/mol. The molecule has 0 aliphatic rings. The third kappa shape index (κ3) is 3.28. The minimum atomic E-state index is -1.45. The number of hydrogen-bond acceptors (Lipinski definition) is 0. The molecule has 0 saturated heterocycles. The van der Waals surface area contributed by atoms with Crippen LogP contribution in [0.3, 0.4) is 0 Å². The molecular weight excluding hydrogens is 309 g/mol. The van der Waals surface area contributed by atoms with Crippen LogP contribution in [0.15, 0.2) is 48.5 Å². The highest BCUT2D eigenvalue weighted by Crippen LogP contribution is 2.23. The summed E-state index contributed by atoms with van der Waals surface area (Å²) < 4.78 is 40.3. The first kappa shape index (κ1) is 16.1. The molecule has 24 heavy (non-hydrogen) atoms. The molecule has 0 amide bonds. The number of hydrogen-bond donors (Lipinski definition) is 0. The number of benzene rings is 3. The van der Waals surface area contributed by atoms with Crippen molar-refractivity contribution < 1.29 is 13.2 Å². The fraction of sp³-hybridized carbons (Fsp3) is 0.143. The van der Waals surface area contributed by atoms with Crippen molar-refractivity contribution >= 4 is 10.8 Å². The van der Waals surface area contributed by atoms with Gasteiger partial charge in [-0.05, 0) is 47.7 Å². The van der Waals surface area contributed by atoms with Gasteiger partial charge in [0.05, 0.1) is 0 Å². The van der Waals surface area contributed by atoms with Gasteiger partial charge in [-0.25, -0.2) is 13.2 Å². The van der Waals surface area contributed by atoms with Crippen LogP contribution >= 0.6 is 0 Å². The van der Waals surface area contributed by atoms with E-state index in [4.69, 9.17) is 0 Å². The Morgan fingerprint density at radius 3 is 2.17 bits per heavy atom. The molecule has 0 aliphatic carbocycles. The molecule has 0 heterocycles. The molecular formula is C21H15F3. The third-order valence-corrected chi connectivity index (χ3v) is 3.82. The first-order chi connectivity index (χ1) is 11.6. The third-order valence-electron chi connectivity index (χ3n) is 3.82. The van der Waals surface area contributed by atoms with Gasteiger partial charge >= 0.3 is 0 Å². The van der Waals surface area contributed by atoms with Crippen LogP contribution in [0.1, 0.15) is 30.0 Å². The molecule has 0 N–H and O–H groups in total. The Morgan fingerprint density at radius 1 is 0.792 bits per heavy atom. The summed E-state index contributed by atoms with van der Waals surface area (Å²) in [6, 6.07) is 13.5. The molecule has 3 heteroatoms. The van der Waals surface area contributed by atoms with Crippen molar-refractivity contribution in [3.05, 3.63) is 82.7 Å². The quantitative estimate of drug-likeness (QED) is 0.424. The summed E-state index contributed by atoms with van der Waals surface area (Å²) in [6.07, 6.45) is 2.13. The maximum Gasteiger partial charge on any atom is 0.195 e. The van der Waals surface area contributed by atoms with Crippen molar-refractivity contribution in [2.75, 3.05) is 0 Å². The Morgan fingerprint density at radius 2 is 1.46 bits per heavy atom. The molecule has 0 aromatic heterocycles. The lowest BCUT2D eigenvalue weighted by molar-refractivity contribution is 0.453. The second kappa shape index (κ2) is 6.80. The van der Waals surface area contributed by atoms with Crippen LogP contribution in [-0.2, 0) is 6.42 Å². The number of rotatable bonds is 2. The molecule has 0 atom stereocenters. The lowest BCUT2D eigenvalue weighted by atomic mass is 10.1. The molecule has 3 aromatic rings. The van der Waals surface area contributed by atoms with Crippen LogP contribution in [0.4, 0.5) is 13.2 Å². The summed E-state index contributed by atoms with van der Waals surface area (Å²) in [5.41, 5.74) is 2.75. The highest BCUT2D eigenvalue weighted by Gasteiger charge is 2.13. The summed E-state index contributed by atoms with van der Waals surface area (Å²) in [4.78, 5) is 0. The zero-order chi connectivity index (χ0) is 17.1. The molecule has 0 aliphatic heterocycles. The van der Waals surface area contributed by atoms with Gasteiger partial charge in [-0.3, -0.25) is 0 Å². The molecule has 0 saturated carbocycles. The van der Waals surface area contributed by atoms with Crippen molar-refractivity contribution in [2.45, 2.75) is 19.8 Å². The van der Waals surface area contributed by atoms with E-state index in [2.05, 4.69) is 18.8 Å². The number of aryl methyl sites for hydroxylation is 1. The van der Waals surface area contributed by atoms with E-state index in [1.165, 1.54) is 11.6 Å². The van der Waals surface area contributed by atoms with E-state index in [1.807, 2.05) is 24.3 Å². The SMILES string of the molecule is CCCc1ccc(C#Cc2ccc3c(F)c(F)c(F)cc3c2)cc1. The summed E-state index contributed by atoms with van der Waals surface area (Å²) in [7, 11) is 0. The first-order valence-electron chi connectivity index (χ1n) is 7.76. The van der Waals surface area contributed by atoms with E-state index in [1.54, 1.807) is 12.1 Å². The number of fused-ring (bicyclic) bond motifs is 1.